The van der Waals surface area contributed by atoms with Gasteiger partial charge in [-0.05, 0) is 45.0 Å². The number of nitrogens with zero attached hydrogens (tertiary/aromatic N) is 2. The van der Waals surface area contributed by atoms with Crippen molar-refractivity contribution >= 4 is 11.6 Å². The van der Waals surface area contributed by atoms with Crippen LogP contribution in [0.15, 0.2) is 54.9 Å². The number of ketones is 2. The summed E-state index contributed by atoms with van der Waals surface area (Å²) < 4.78 is 17.6. The second-order valence-corrected chi connectivity index (χ2v) is 6.32. The third-order valence-corrected chi connectivity index (χ3v) is 4.42. The van der Waals surface area contributed by atoms with E-state index in [1.54, 1.807) is 57.9 Å². The summed E-state index contributed by atoms with van der Waals surface area (Å²) in [4.78, 5) is 24.3. The van der Waals surface area contributed by atoms with Gasteiger partial charge in [0.05, 0.1) is 11.3 Å². The van der Waals surface area contributed by atoms with Crippen LogP contribution in [-0.2, 0) is 6.54 Å². The monoisotopic (exact) mass is 351 g/mol. The van der Waals surface area contributed by atoms with Gasteiger partial charge in [-0.25, -0.2) is 4.39 Å². The lowest BCUT2D eigenvalue weighted by molar-refractivity contribution is -0.683. The summed E-state index contributed by atoms with van der Waals surface area (Å²) in [5.74, 6) is -0.479. The second-order valence-electron chi connectivity index (χ2n) is 6.32. The molecule has 4 nitrogen and oxygen atoms in total. The van der Waals surface area contributed by atoms with Gasteiger partial charge in [-0.3, -0.25) is 9.59 Å². The summed E-state index contributed by atoms with van der Waals surface area (Å²) in [7, 11) is 0. The molecule has 0 bridgehead atoms. The molecule has 3 aromatic rings. The summed E-state index contributed by atoms with van der Waals surface area (Å²) in [6.45, 7) is 5.26. The number of aryl methyl sites for hydroxylation is 1. The Bertz CT molecular complexity index is 1000. The van der Waals surface area contributed by atoms with Gasteiger partial charge in [0.1, 0.15) is 5.82 Å². The molecule has 5 heteroatoms. The number of aromatic nitrogens is 2. The minimum atomic E-state index is -0.336. The fourth-order valence-corrected chi connectivity index (χ4v) is 3.13. The second kappa shape index (κ2) is 7.04. The first-order valence-corrected chi connectivity index (χ1v) is 8.35. The lowest BCUT2D eigenvalue weighted by Crippen LogP contribution is -2.38. The Balaban J connectivity index is 1.94. The van der Waals surface area contributed by atoms with E-state index in [-0.39, 0.29) is 23.9 Å². The standard InChI is InChI=1S/C21H20FN2O2/c1-14-11-18(15(2)24(14)20-9-5-4-8-19(20)22)21(26)13-23-10-6-7-17(12-23)16(3)25/h4-12H,13H2,1-3H3/q+1. The molecule has 0 N–H and O–H groups in total. The Labute approximate surface area is 151 Å². The molecule has 0 fully saturated rings. The van der Waals surface area contributed by atoms with E-state index in [2.05, 4.69) is 0 Å². The minimum Gasteiger partial charge on any atom is -0.315 e. The number of para-hydroxylation sites is 1. The molecule has 0 amide bonds. The fourth-order valence-electron chi connectivity index (χ4n) is 3.13. The molecule has 0 aliphatic heterocycles. The van der Waals surface area contributed by atoms with Crippen molar-refractivity contribution in [2.75, 3.05) is 0 Å². The number of benzene rings is 1. The number of carbonyl (C=O) groups excluding carboxylic acids is 2. The van der Waals surface area contributed by atoms with E-state index in [0.717, 1.165) is 5.69 Å². The lowest BCUT2D eigenvalue weighted by atomic mass is 10.1. The Kier molecular flexibility index (Phi) is 4.80. The maximum absolute atomic E-state index is 14.2. The van der Waals surface area contributed by atoms with Crippen molar-refractivity contribution in [2.45, 2.75) is 27.3 Å². The van der Waals surface area contributed by atoms with E-state index in [4.69, 9.17) is 0 Å². The topological polar surface area (TPSA) is 42.9 Å². The van der Waals surface area contributed by atoms with Crippen molar-refractivity contribution in [3.63, 3.8) is 0 Å². The highest BCUT2D eigenvalue weighted by atomic mass is 19.1. The highest BCUT2D eigenvalue weighted by molar-refractivity contribution is 5.97. The van der Waals surface area contributed by atoms with E-state index in [9.17, 15) is 14.0 Å². The van der Waals surface area contributed by atoms with Crippen LogP contribution in [-0.4, -0.2) is 16.1 Å². The predicted molar refractivity (Wildman–Crippen MR) is 96.2 cm³/mol. The predicted octanol–water partition coefficient (Wildman–Crippen LogP) is 3.61. The summed E-state index contributed by atoms with van der Waals surface area (Å²) >= 11 is 0. The van der Waals surface area contributed by atoms with E-state index in [1.165, 1.54) is 13.0 Å². The maximum Gasteiger partial charge on any atom is 0.229 e. The summed E-state index contributed by atoms with van der Waals surface area (Å²) in [5.41, 5.74) is 3.01. The zero-order valence-electron chi connectivity index (χ0n) is 15.0. The molecular formula is C21H20FN2O2+. The van der Waals surface area contributed by atoms with Crippen LogP contribution in [0.3, 0.4) is 0 Å². The third-order valence-electron chi connectivity index (χ3n) is 4.42. The van der Waals surface area contributed by atoms with Gasteiger partial charge >= 0.3 is 0 Å². The van der Waals surface area contributed by atoms with Gasteiger partial charge in [-0.1, -0.05) is 12.1 Å². The van der Waals surface area contributed by atoms with Crippen LogP contribution in [0, 0.1) is 19.7 Å². The number of Topliss-reactive ketones (excluding diaryl/α,β-unsaturated/α-hetero) is 2. The number of pyridine rings is 1. The molecule has 2 aromatic heterocycles. The molecule has 26 heavy (non-hydrogen) atoms. The molecule has 0 unspecified atom stereocenters. The largest absolute Gasteiger partial charge is 0.315 e. The van der Waals surface area contributed by atoms with Crippen LogP contribution in [0.4, 0.5) is 4.39 Å². The van der Waals surface area contributed by atoms with Crippen molar-refractivity contribution in [3.8, 4) is 5.69 Å². The highest BCUT2D eigenvalue weighted by Crippen LogP contribution is 2.23. The fraction of sp³-hybridized carbons (Fsp3) is 0.190. The minimum absolute atomic E-state index is 0.0514. The van der Waals surface area contributed by atoms with Crippen molar-refractivity contribution in [3.05, 3.63) is 83.2 Å². The molecule has 3 rings (SSSR count). The van der Waals surface area contributed by atoms with Gasteiger partial charge in [0.25, 0.3) is 0 Å². The zero-order chi connectivity index (χ0) is 18.8. The Morgan fingerprint density at radius 3 is 2.54 bits per heavy atom. The summed E-state index contributed by atoms with van der Waals surface area (Å²) in [5, 5.41) is 0. The van der Waals surface area contributed by atoms with Crippen LogP contribution in [0.25, 0.3) is 5.69 Å². The van der Waals surface area contributed by atoms with Crippen molar-refractivity contribution < 1.29 is 18.5 Å². The lowest BCUT2D eigenvalue weighted by Gasteiger charge is -2.10. The first-order valence-electron chi connectivity index (χ1n) is 8.35. The van der Waals surface area contributed by atoms with Crippen LogP contribution in [0.5, 0.6) is 0 Å². The summed E-state index contributed by atoms with van der Waals surface area (Å²) in [6.07, 6.45) is 3.41. The van der Waals surface area contributed by atoms with Crippen LogP contribution in [0.2, 0.25) is 0 Å². The normalized spacial score (nSPS) is 10.8. The molecule has 0 spiro atoms. The van der Waals surface area contributed by atoms with E-state index in [1.807, 2.05) is 13.8 Å². The van der Waals surface area contributed by atoms with Gasteiger partial charge in [0.2, 0.25) is 12.3 Å². The average Bonchev–Trinajstić information content (AvgIpc) is 2.90. The molecule has 0 aliphatic rings. The molecule has 0 atom stereocenters. The van der Waals surface area contributed by atoms with E-state index >= 15 is 0 Å². The quantitative estimate of drug-likeness (QED) is 0.521. The van der Waals surface area contributed by atoms with Gasteiger partial charge in [-0.2, -0.15) is 4.57 Å². The first-order chi connectivity index (χ1) is 12.4. The number of hydrogen-bond donors (Lipinski definition) is 0. The average molecular weight is 351 g/mol. The molecule has 0 saturated heterocycles. The molecule has 0 radical (unpaired) electrons. The van der Waals surface area contributed by atoms with E-state index in [0.29, 0.717) is 22.5 Å². The van der Waals surface area contributed by atoms with Crippen molar-refractivity contribution in [1.29, 1.82) is 0 Å². The smallest absolute Gasteiger partial charge is 0.229 e. The van der Waals surface area contributed by atoms with Gasteiger partial charge in [-0.15, -0.1) is 0 Å². The molecule has 2 heterocycles. The highest BCUT2D eigenvalue weighted by Gasteiger charge is 2.21. The number of rotatable bonds is 5. The van der Waals surface area contributed by atoms with Gasteiger partial charge in [0.15, 0.2) is 18.2 Å². The first kappa shape index (κ1) is 17.7. The van der Waals surface area contributed by atoms with Crippen molar-refractivity contribution in [1.82, 2.24) is 4.57 Å². The molecule has 132 valence electrons. The van der Waals surface area contributed by atoms with Crippen molar-refractivity contribution in [2.24, 2.45) is 0 Å². The van der Waals surface area contributed by atoms with Crippen LogP contribution < -0.4 is 4.57 Å². The Morgan fingerprint density at radius 2 is 1.85 bits per heavy atom. The van der Waals surface area contributed by atoms with Gasteiger partial charge in [0, 0.05) is 23.0 Å². The SMILES string of the molecule is CC(=O)c1ccc[n+](CC(=O)c2cc(C)n(-c3ccccc3F)c2C)c1. The van der Waals surface area contributed by atoms with Crippen LogP contribution in [0.1, 0.15) is 39.0 Å². The summed E-state index contributed by atoms with van der Waals surface area (Å²) in [6, 6.07) is 11.7. The van der Waals surface area contributed by atoms with E-state index < -0.39 is 0 Å². The number of carbonyl (C=O) groups is 2. The third kappa shape index (κ3) is 3.33. The molecule has 0 saturated carbocycles. The zero-order valence-corrected chi connectivity index (χ0v) is 15.0. The molecule has 0 aliphatic carbocycles. The van der Waals surface area contributed by atoms with Crippen LogP contribution >= 0.6 is 0 Å². The number of hydrogen-bond acceptors (Lipinski definition) is 2. The van der Waals surface area contributed by atoms with Gasteiger partial charge < -0.3 is 4.57 Å². The number of halogens is 1. The molecule has 1 aromatic carbocycles. The Hall–Kier alpha value is -3.08. The maximum atomic E-state index is 14.2. The molecular weight excluding hydrogens is 331 g/mol. The Morgan fingerprint density at radius 1 is 1.12 bits per heavy atom.